The highest BCUT2D eigenvalue weighted by Crippen LogP contribution is 2.15. The monoisotopic (exact) mass is 320 g/mol. The van der Waals surface area contributed by atoms with Gasteiger partial charge in [0.25, 0.3) is 0 Å². The molecule has 0 aliphatic rings. The van der Waals surface area contributed by atoms with Gasteiger partial charge in [0.1, 0.15) is 0 Å². The molecule has 0 amide bonds. The Bertz CT molecular complexity index is 192. The Hall–Kier alpha value is 0.0569. The Kier molecular flexibility index (Phi) is 15.0. The van der Waals surface area contributed by atoms with Crippen molar-refractivity contribution in [3.8, 4) is 0 Å². The Morgan fingerprint density at radius 3 is 1.29 bits per heavy atom. The first-order chi connectivity index (χ1) is 10.2. The van der Waals surface area contributed by atoms with Crippen molar-refractivity contribution in [2.45, 2.75) is 79.1 Å². The lowest BCUT2D eigenvalue weighted by molar-refractivity contribution is -0.0313. The standard InChI is InChI=1S/C16H36O4Si/c1-5-9-11-13-15-19-21(17-7-3,18-8-4)20-16-14-12-10-6-2/h5-16H2,1-4H3. The van der Waals surface area contributed by atoms with Crippen LogP contribution < -0.4 is 0 Å². The van der Waals surface area contributed by atoms with Crippen LogP contribution in [0.15, 0.2) is 0 Å². The molecule has 0 aromatic heterocycles. The second kappa shape index (κ2) is 15.0. The highest BCUT2D eigenvalue weighted by Gasteiger charge is 2.44. The minimum absolute atomic E-state index is 0.566. The third-order valence-electron chi connectivity index (χ3n) is 3.20. The molecule has 0 aliphatic carbocycles. The first-order valence-corrected chi connectivity index (χ1v) is 10.4. The van der Waals surface area contributed by atoms with Crippen LogP contribution in [0.5, 0.6) is 0 Å². The molecule has 0 N–H and O–H groups in total. The molecule has 0 aromatic rings. The highest BCUT2D eigenvalue weighted by atomic mass is 28.4. The van der Waals surface area contributed by atoms with Crippen LogP contribution in [0.4, 0.5) is 0 Å². The van der Waals surface area contributed by atoms with Crippen LogP contribution in [0.2, 0.25) is 0 Å². The highest BCUT2D eigenvalue weighted by molar-refractivity contribution is 6.53. The molecular weight excluding hydrogens is 284 g/mol. The Labute approximate surface area is 133 Å². The smallest absolute Gasteiger partial charge is 0.351 e. The van der Waals surface area contributed by atoms with Gasteiger partial charge in [-0.2, -0.15) is 0 Å². The lowest BCUT2D eigenvalue weighted by Crippen LogP contribution is -2.49. The van der Waals surface area contributed by atoms with E-state index in [1.54, 1.807) is 0 Å². The van der Waals surface area contributed by atoms with Crippen molar-refractivity contribution < 1.29 is 17.7 Å². The zero-order valence-corrected chi connectivity index (χ0v) is 15.6. The molecule has 4 nitrogen and oxygen atoms in total. The third-order valence-corrected chi connectivity index (χ3v) is 5.60. The molecular formula is C16H36O4Si. The molecule has 0 saturated carbocycles. The van der Waals surface area contributed by atoms with Crippen LogP contribution in [-0.2, 0) is 17.7 Å². The number of unbranched alkanes of at least 4 members (excludes halogenated alkanes) is 6. The molecule has 0 atom stereocenters. The predicted molar refractivity (Wildman–Crippen MR) is 89.2 cm³/mol. The summed E-state index contributed by atoms with van der Waals surface area (Å²) in [6.07, 6.45) is 9.42. The molecule has 0 saturated heterocycles. The summed E-state index contributed by atoms with van der Waals surface area (Å²) in [5, 5.41) is 0. The van der Waals surface area contributed by atoms with Crippen LogP contribution in [0.3, 0.4) is 0 Å². The summed E-state index contributed by atoms with van der Waals surface area (Å²) in [4.78, 5) is 0. The summed E-state index contributed by atoms with van der Waals surface area (Å²) in [6, 6.07) is 0. The molecule has 21 heavy (non-hydrogen) atoms. The molecule has 0 heterocycles. The van der Waals surface area contributed by atoms with Crippen LogP contribution in [0, 0.1) is 0 Å². The zero-order chi connectivity index (χ0) is 15.8. The summed E-state index contributed by atoms with van der Waals surface area (Å²) in [6.45, 7) is 10.8. The van der Waals surface area contributed by atoms with Crippen LogP contribution in [0.1, 0.15) is 79.1 Å². The minimum Gasteiger partial charge on any atom is -0.351 e. The van der Waals surface area contributed by atoms with E-state index in [2.05, 4.69) is 13.8 Å². The third kappa shape index (κ3) is 11.3. The van der Waals surface area contributed by atoms with Crippen molar-refractivity contribution in [2.24, 2.45) is 0 Å². The van der Waals surface area contributed by atoms with Gasteiger partial charge >= 0.3 is 9.05 Å². The van der Waals surface area contributed by atoms with Gasteiger partial charge in [0.05, 0.1) is 0 Å². The first kappa shape index (κ1) is 21.1. The predicted octanol–water partition coefficient (Wildman–Crippen LogP) is 4.69. The van der Waals surface area contributed by atoms with Gasteiger partial charge in [-0.15, -0.1) is 0 Å². The molecule has 0 aromatic carbocycles. The van der Waals surface area contributed by atoms with Crippen molar-refractivity contribution in [2.75, 3.05) is 26.4 Å². The fourth-order valence-corrected chi connectivity index (χ4v) is 4.05. The lowest BCUT2D eigenvalue weighted by atomic mass is 10.2. The quantitative estimate of drug-likeness (QED) is 0.305. The normalized spacial score (nSPS) is 12.0. The number of rotatable bonds is 16. The molecule has 0 bridgehead atoms. The summed E-state index contributed by atoms with van der Waals surface area (Å²) in [5.41, 5.74) is 0. The summed E-state index contributed by atoms with van der Waals surface area (Å²) < 4.78 is 23.4. The van der Waals surface area contributed by atoms with Crippen LogP contribution in [-0.4, -0.2) is 35.5 Å². The Morgan fingerprint density at radius 1 is 0.524 bits per heavy atom. The van der Waals surface area contributed by atoms with Crippen molar-refractivity contribution in [1.29, 1.82) is 0 Å². The van der Waals surface area contributed by atoms with Gasteiger partial charge in [-0.1, -0.05) is 52.4 Å². The van der Waals surface area contributed by atoms with Crippen molar-refractivity contribution >= 4 is 9.05 Å². The SMILES string of the molecule is CCCCCCO[Si](OCC)(OCC)OCCCCCC. The summed E-state index contributed by atoms with van der Waals surface area (Å²) >= 11 is 0. The van der Waals surface area contributed by atoms with Gasteiger partial charge in [0.2, 0.25) is 0 Å². The van der Waals surface area contributed by atoms with E-state index < -0.39 is 9.05 Å². The topological polar surface area (TPSA) is 36.9 Å². The van der Waals surface area contributed by atoms with Crippen molar-refractivity contribution in [3.05, 3.63) is 0 Å². The average Bonchev–Trinajstić information content (AvgIpc) is 2.47. The molecule has 0 aliphatic heterocycles. The van der Waals surface area contributed by atoms with E-state index in [1.165, 1.54) is 38.5 Å². The van der Waals surface area contributed by atoms with Crippen LogP contribution >= 0.6 is 0 Å². The lowest BCUT2D eigenvalue weighted by Gasteiger charge is -2.27. The van der Waals surface area contributed by atoms with E-state index in [0.717, 1.165) is 12.8 Å². The number of hydrogen-bond acceptors (Lipinski definition) is 4. The minimum atomic E-state index is -2.92. The van der Waals surface area contributed by atoms with E-state index in [1.807, 2.05) is 13.8 Å². The maximum Gasteiger partial charge on any atom is 0.679 e. The fraction of sp³-hybridized carbons (Fsp3) is 1.00. The number of hydrogen-bond donors (Lipinski definition) is 0. The van der Waals surface area contributed by atoms with Gasteiger partial charge in [0.15, 0.2) is 0 Å². The van der Waals surface area contributed by atoms with E-state index in [9.17, 15) is 0 Å². The summed E-state index contributed by atoms with van der Waals surface area (Å²) in [7, 11) is -2.92. The molecule has 0 rings (SSSR count). The van der Waals surface area contributed by atoms with Gasteiger partial charge < -0.3 is 17.7 Å². The van der Waals surface area contributed by atoms with Gasteiger partial charge in [-0.25, -0.2) is 0 Å². The fourth-order valence-electron chi connectivity index (χ4n) is 2.06. The van der Waals surface area contributed by atoms with E-state index >= 15 is 0 Å². The van der Waals surface area contributed by atoms with Crippen LogP contribution in [0.25, 0.3) is 0 Å². The molecule has 5 heteroatoms. The maximum atomic E-state index is 5.94. The Balaban J connectivity index is 4.16. The second-order valence-corrected chi connectivity index (χ2v) is 7.34. The van der Waals surface area contributed by atoms with E-state index in [0.29, 0.717) is 26.4 Å². The van der Waals surface area contributed by atoms with Crippen molar-refractivity contribution in [1.82, 2.24) is 0 Å². The van der Waals surface area contributed by atoms with E-state index in [-0.39, 0.29) is 0 Å². The van der Waals surface area contributed by atoms with Gasteiger partial charge in [0, 0.05) is 26.4 Å². The molecule has 0 spiro atoms. The largest absolute Gasteiger partial charge is 0.679 e. The molecule has 0 unspecified atom stereocenters. The molecule has 128 valence electrons. The summed E-state index contributed by atoms with van der Waals surface area (Å²) in [5.74, 6) is 0. The first-order valence-electron chi connectivity index (χ1n) is 8.80. The van der Waals surface area contributed by atoms with E-state index in [4.69, 9.17) is 17.7 Å². The molecule has 0 fully saturated rings. The van der Waals surface area contributed by atoms with Crippen molar-refractivity contribution in [3.63, 3.8) is 0 Å². The Morgan fingerprint density at radius 2 is 0.952 bits per heavy atom. The zero-order valence-electron chi connectivity index (χ0n) is 14.6. The second-order valence-electron chi connectivity index (χ2n) is 5.18. The maximum absolute atomic E-state index is 5.94. The molecule has 0 radical (unpaired) electrons. The van der Waals surface area contributed by atoms with Gasteiger partial charge in [-0.3, -0.25) is 0 Å². The van der Waals surface area contributed by atoms with Gasteiger partial charge in [-0.05, 0) is 26.7 Å². The average molecular weight is 321 g/mol.